The first-order chi connectivity index (χ1) is 39.3. The standard InChI is InChI=1S/C61H99N9O13S2/c1-35(2)28-42(62)57(79)70-27-17-18-47(70)55(77)68-46-34-85-84-33-36(3)64-56(78)50(37(4)80-58(5,6)7)69-48(71)32-63-51(73)43(29-38-19-23-40(24-20-38)81-59(8,9)10)65-52(74)44(30-39-21-25-41(26-22-39)82-60(11,12)13)66-53(75)45(67-54(46)76)31-49(72)83-61(14,15)16/h19-26,35-37,42-48,50,57,69,71,79H,17-18,27-34,62H2,1-16H3,(H,63,73)(H,64,78)(H,65,74)(H,66,75)(H,67,76)(H,68,77)/t36-,37-,42+,43+,44+,45+,46+,47+,48-,50?,57-/m1/s1. The number of nitrogens with zero attached hydrogens (tertiary/aromatic N) is 1. The molecule has 11 atom stereocenters. The summed E-state index contributed by atoms with van der Waals surface area (Å²) in [6.45, 7) is 29.2. The highest BCUT2D eigenvalue weighted by Gasteiger charge is 2.40. The van der Waals surface area contributed by atoms with E-state index in [1.807, 2.05) is 76.2 Å². The van der Waals surface area contributed by atoms with Crippen LogP contribution in [0.1, 0.15) is 148 Å². The van der Waals surface area contributed by atoms with Crippen LogP contribution in [0, 0.1) is 5.92 Å². The largest absolute Gasteiger partial charge is 0.488 e. The van der Waals surface area contributed by atoms with Gasteiger partial charge in [-0.3, -0.25) is 43.8 Å². The van der Waals surface area contributed by atoms with Crippen molar-refractivity contribution in [1.82, 2.24) is 42.1 Å². The van der Waals surface area contributed by atoms with E-state index in [2.05, 4.69) is 37.2 Å². The fourth-order valence-corrected chi connectivity index (χ4v) is 12.0. The zero-order valence-electron chi connectivity index (χ0n) is 52.8. The minimum atomic E-state index is -1.69. The van der Waals surface area contributed by atoms with E-state index in [1.54, 1.807) is 88.0 Å². The molecule has 11 N–H and O–H groups in total. The molecule has 85 heavy (non-hydrogen) atoms. The summed E-state index contributed by atoms with van der Waals surface area (Å²) < 4.78 is 23.9. The number of carbonyl (C=O) groups is 7. The van der Waals surface area contributed by atoms with Crippen LogP contribution < -0.4 is 52.4 Å². The molecule has 0 aliphatic carbocycles. The molecule has 2 heterocycles. The maximum Gasteiger partial charge on any atom is 0.308 e. The average molecular weight is 1230 g/mol. The molecule has 22 nitrogen and oxygen atoms in total. The lowest BCUT2D eigenvalue weighted by atomic mass is 10.0. The molecule has 2 aromatic carbocycles. The molecule has 4 rings (SSSR count). The number of amides is 6. The Hall–Kier alpha value is -5.21. The van der Waals surface area contributed by atoms with Crippen molar-refractivity contribution < 1.29 is 62.7 Å². The summed E-state index contributed by atoms with van der Waals surface area (Å²) in [5, 5.41) is 42.7. The molecule has 0 bridgehead atoms. The minimum absolute atomic E-state index is 0.0760. The molecule has 0 saturated carbocycles. The molecule has 1 unspecified atom stereocenters. The molecule has 2 aliphatic rings. The molecule has 24 heteroatoms. The Morgan fingerprint density at radius 3 is 1.71 bits per heavy atom. The van der Waals surface area contributed by atoms with Gasteiger partial charge >= 0.3 is 5.97 Å². The van der Waals surface area contributed by atoms with Gasteiger partial charge in [-0.25, -0.2) is 0 Å². The first-order valence-corrected chi connectivity index (χ1v) is 32.0. The average Bonchev–Trinajstić information content (AvgIpc) is 3.30. The summed E-state index contributed by atoms with van der Waals surface area (Å²) >= 11 is 0. The minimum Gasteiger partial charge on any atom is -0.488 e. The number of carbonyl (C=O) groups excluding carboxylic acids is 7. The maximum atomic E-state index is 15.0. The second-order valence-electron chi connectivity index (χ2n) is 26.6. The number of hydrogen-bond donors (Lipinski definition) is 10. The third-order valence-electron chi connectivity index (χ3n) is 13.1. The summed E-state index contributed by atoms with van der Waals surface area (Å²) in [4.78, 5) is 103. The van der Waals surface area contributed by atoms with Crippen LogP contribution >= 0.6 is 21.6 Å². The first-order valence-electron chi connectivity index (χ1n) is 29.5. The highest BCUT2D eigenvalue weighted by molar-refractivity contribution is 8.76. The first kappa shape index (κ1) is 72.3. The SMILES string of the molecule is CC(C)C[C@H](N)[C@@H](O)N1CCC[C@H]1C(=O)N[C@H]1CSSC[C@@H](C)NC(=O)C([C@@H](C)OC(C)(C)C)N[C@H](O)CNC(=O)[C@H](Cc2ccc(OC(C)(C)C)cc2)NC(=O)[C@H](Cc2ccc(OC(C)(C)C)cc2)NC(=O)[C@H](CC(=O)OC(C)(C)C)NC1=O. The summed E-state index contributed by atoms with van der Waals surface area (Å²) in [5.41, 5.74) is 4.84. The number of esters is 1. The maximum absolute atomic E-state index is 15.0. The van der Waals surface area contributed by atoms with E-state index in [1.165, 1.54) is 21.6 Å². The number of rotatable bonds is 16. The van der Waals surface area contributed by atoms with Crippen LogP contribution in [0.2, 0.25) is 0 Å². The Bertz CT molecular complexity index is 2520. The second kappa shape index (κ2) is 32.1. The van der Waals surface area contributed by atoms with Crippen molar-refractivity contribution in [2.45, 2.75) is 239 Å². The molecular formula is C61H99N9O13S2. The lowest BCUT2D eigenvalue weighted by molar-refractivity contribution is -0.156. The molecule has 0 spiro atoms. The summed E-state index contributed by atoms with van der Waals surface area (Å²) in [7, 11) is 2.49. The van der Waals surface area contributed by atoms with Crippen molar-refractivity contribution >= 4 is 63.0 Å². The van der Waals surface area contributed by atoms with E-state index in [-0.39, 0.29) is 24.5 Å². The van der Waals surface area contributed by atoms with Crippen LogP contribution in [-0.4, -0.2) is 170 Å². The van der Waals surface area contributed by atoms with E-state index < -0.39 is 144 Å². The van der Waals surface area contributed by atoms with Gasteiger partial charge in [-0.15, -0.1) is 0 Å². The Labute approximate surface area is 511 Å². The molecule has 478 valence electrons. The lowest BCUT2D eigenvalue weighted by Crippen LogP contribution is -2.61. The topological polar surface area (TPSA) is 310 Å². The van der Waals surface area contributed by atoms with Crippen molar-refractivity contribution in [1.29, 1.82) is 0 Å². The van der Waals surface area contributed by atoms with E-state index >= 15 is 4.79 Å². The molecule has 2 saturated heterocycles. The number of benzene rings is 2. The van der Waals surface area contributed by atoms with Gasteiger partial charge in [-0.05, 0) is 158 Å². The van der Waals surface area contributed by atoms with Crippen molar-refractivity contribution in [3.63, 3.8) is 0 Å². The number of nitrogens with one attached hydrogen (secondary N) is 7. The van der Waals surface area contributed by atoms with E-state index in [4.69, 9.17) is 24.7 Å². The van der Waals surface area contributed by atoms with Gasteiger partial charge < -0.3 is 66.8 Å². The van der Waals surface area contributed by atoms with Crippen molar-refractivity contribution in [2.75, 3.05) is 24.6 Å². The number of ether oxygens (including phenoxy) is 4. The molecule has 0 aromatic heterocycles. The van der Waals surface area contributed by atoms with Crippen molar-refractivity contribution in [3.8, 4) is 11.5 Å². The number of hydrogen-bond acceptors (Lipinski definition) is 18. The quantitative estimate of drug-likeness (QED) is 0.0834. The molecular weight excluding hydrogens is 1130 g/mol. The molecule has 2 aromatic rings. The predicted octanol–water partition coefficient (Wildman–Crippen LogP) is 4.15. The number of likely N-dealkylation sites (tertiary alicyclic amines) is 1. The van der Waals surface area contributed by atoms with E-state index in [9.17, 15) is 39.0 Å². The molecule has 2 fully saturated rings. The smallest absolute Gasteiger partial charge is 0.308 e. The van der Waals surface area contributed by atoms with Crippen LogP contribution in [0.4, 0.5) is 0 Å². The summed E-state index contributed by atoms with van der Waals surface area (Å²) in [6.07, 6.45) is -2.99. The number of aliphatic hydroxyl groups excluding tert-OH is 2. The van der Waals surface area contributed by atoms with Crippen LogP contribution in [0.25, 0.3) is 0 Å². The highest BCUT2D eigenvalue weighted by Crippen LogP contribution is 2.27. The zero-order valence-corrected chi connectivity index (χ0v) is 54.5. The third kappa shape index (κ3) is 26.3. The van der Waals surface area contributed by atoms with Gasteiger partial charge in [0.1, 0.15) is 71.0 Å². The van der Waals surface area contributed by atoms with Gasteiger partial charge in [0, 0.05) is 43.0 Å². The van der Waals surface area contributed by atoms with Gasteiger partial charge in [-0.1, -0.05) is 59.7 Å². The number of nitrogens with two attached hydrogens (primary N) is 1. The van der Waals surface area contributed by atoms with Crippen LogP contribution in [-0.2, 0) is 55.9 Å². The zero-order chi connectivity index (χ0) is 63.8. The third-order valence-corrected chi connectivity index (χ3v) is 15.7. The van der Waals surface area contributed by atoms with Crippen LogP contribution in [0.5, 0.6) is 11.5 Å². The normalized spacial score (nSPS) is 24.8. The van der Waals surface area contributed by atoms with Gasteiger partial charge in [0.15, 0.2) is 0 Å². The number of β-amino-alcohol motifs (C(OH)–C–C–N with tert-alkyl or cyclic N) is 1. The predicted molar refractivity (Wildman–Crippen MR) is 331 cm³/mol. The molecule has 0 radical (unpaired) electrons. The van der Waals surface area contributed by atoms with Gasteiger partial charge in [0.2, 0.25) is 35.4 Å². The van der Waals surface area contributed by atoms with Gasteiger partial charge in [0.05, 0.1) is 30.7 Å². The van der Waals surface area contributed by atoms with Gasteiger partial charge in [-0.2, -0.15) is 0 Å². The van der Waals surface area contributed by atoms with Crippen molar-refractivity contribution in [3.05, 3.63) is 59.7 Å². The molecule has 2 aliphatic heterocycles. The lowest BCUT2D eigenvalue weighted by Gasteiger charge is -2.33. The van der Waals surface area contributed by atoms with Crippen LogP contribution in [0.15, 0.2) is 48.5 Å². The van der Waals surface area contributed by atoms with Crippen LogP contribution in [0.3, 0.4) is 0 Å². The molecule has 6 amide bonds. The summed E-state index contributed by atoms with van der Waals surface area (Å²) in [5.74, 6) is -3.82. The van der Waals surface area contributed by atoms with E-state index in [0.717, 1.165) is 0 Å². The monoisotopic (exact) mass is 1230 g/mol. The fourth-order valence-electron chi connectivity index (χ4n) is 9.59. The highest BCUT2D eigenvalue weighted by atomic mass is 33.1. The van der Waals surface area contributed by atoms with Crippen molar-refractivity contribution in [2.24, 2.45) is 11.7 Å². The second-order valence-corrected chi connectivity index (χ2v) is 29.1. The Morgan fingerprint density at radius 1 is 0.694 bits per heavy atom. The summed E-state index contributed by atoms with van der Waals surface area (Å²) in [6, 6.07) is 4.83. The Balaban J connectivity index is 1.86. The Kier molecular flexibility index (Phi) is 27.3. The van der Waals surface area contributed by atoms with E-state index in [0.29, 0.717) is 54.2 Å². The fraction of sp³-hybridized carbons (Fsp3) is 0.689. The number of aliphatic hydroxyl groups is 2. The van der Waals surface area contributed by atoms with Gasteiger partial charge in [0.25, 0.3) is 0 Å². The Morgan fingerprint density at radius 2 is 1.20 bits per heavy atom.